The minimum absolute atomic E-state index is 0.120. The normalized spacial score (nSPS) is 26.3. The molecule has 0 aliphatic carbocycles. The van der Waals surface area contributed by atoms with Crippen LogP contribution in [0, 0.1) is 11.8 Å². The summed E-state index contributed by atoms with van der Waals surface area (Å²) in [4.78, 5) is 26.1. The number of carbonyl (C=O) groups is 2. The van der Waals surface area contributed by atoms with Crippen LogP contribution >= 0.6 is 0 Å². The molecule has 0 radical (unpaired) electrons. The fraction of sp³-hybridized carbons (Fsp3) is 0.688. The van der Waals surface area contributed by atoms with E-state index < -0.39 is 0 Å². The Bertz CT molecular complexity index is 586. The van der Waals surface area contributed by atoms with Gasteiger partial charge in [-0.15, -0.1) is 0 Å². The van der Waals surface area contributed by atoms with Gasteiger partial charge in [-0.25, -0.2) is 0 Å². The zero-order valence-corrected chi connectivity index (χ0v) is 13.7. The minimum atomic E-state index is -0.120. The van der Waals surface area contributed by atoms with Gasteiger partial charge in [0.2, 0.25) is 5.91 Å². The van der Waals surface area contributed by atoms with E-state index in [2.05, 4.69) is 10.4 Å². The number of carbonyl (C=O) groups excluding carboxylic acids is 2. The Morgan fingerprint density at radius 1 is 1.43 bits per heavy atom. The maximum Gasteiger partial charge on any atom is 0.269 e. The highest BCUT2D eigenvalue weighted by Gasteiger charge is 2.44. The third kappa shape index (κ3) is 3.24. The molecule has 2 aliphatic rings. The number of hydrogen-bond acceptors (Lipinski definition) is 4. The van der Waals surface area contributed by atoms with Gasteiger partial charge in [0, 0.05) is 51.1 Å². The number of ether oxygens (including phenoxy) is 1. The number of aromatic nitrogens is 2. The number of nitrogens with zero attached hydrogens (tertiary/aromatic N) is 3. The van der Waals surface area contributed by atoms with Gasteiger partial charge < -0.3 is 15.0 Å². The summed E-state index contributed by atoms with van der Waals surface area (Å²) >= 11 is 0. The molecule has 23 heavy (non-hydrogen) atoms. The van der Waals surface area contributed by atoms with Crippen molar-refractivity contribution in [3.8, 4) is 0 Å². The van der Waals surface area contributed by atoms with Crippen LogP contribution in [0.15, 0.2) is 12.3 Å². The molecule has 1 aromatic heterocycles. The summed E-state index contributed by atoms with van der Waals surface area (Å²) in [6.45, 7) is 4.67. The standard InChI is InChI=1S/C16H24N4O3/c1-3-4-15(21)20-8-12-11(10-23-14(12)9-20)7-17-16(22)13-5-6-18-19(13)2/h5-6,11-12,14H,3-4,7-10H2,1-2H3,(H,17,22)/t11-,12+,14+/m0/s1. The highest BCUT2D eigenvalue weighted by molar-refractivity contribution is 5.92. The second kappa shape index (κ2) is 6.70. The first-order chi connectivity index (χ1) is 11.1. The molecule has 2 amide bonds. The largest absolute Gasteiger partial charge is 0.376 e. The summed E-state index contributed by atoms with van der Waals surface area (Å²) in [6.07, 6.45) is 3.20. The van der Waals surface area contributed by atoms with E-state index >= 15 is 0 Å². The van der Waals surface area contributed by atoms with Crippen molar-refractivity contribution in [1.82, 2.24) is 20.0 Å². The van der Waals surface area contributed by atoms with Crippen LogP contribution in [-0.4, -0.2) is 58.8 Å². The molecule has 0 unspecified atom stereocenters. The molecule has 3 rings (SSSR count). The topological polar surface area (TPSA) is 76.5 Å². The van der Waals surface area contributed by atoms with Gasteiger partial charge in [0.05, 0.1) is 12.7 Å². The molecular formula is C16H24N4O3. The van der Waals surface area contributed by atoms with E-state index in [1.54, 1.807) is 24.0 Å². The Balaban J connectivity index is 1.53. The minimum Gasteiger partial charge on any atom is -0.376 e. The number of amides is 2. The van der Waals surface area contributed by atoms with E-state index in [1.165, 1.54) is 0 Å². The summed E-state index contributed by atoms with van der Waals surface area (Å²) in [6, 6.07) is 1.70. The Kier molecular flexibility index (Phi) is 4.66. The lowest BCUT2D eigenvalue weighted by atomic mass is 9.93. The molecule has 7 heteroatoms. The Morgan fingerprint density at radius 2 is 2.26 bits per heavy atom. The van der Waals surface area contributed by atoms with Crippen LogP contribution < -0.4 is 5.32 Å². The molecule has 7 nitrogen and oxygen atoms in total. The van der Waals surface area contributed by atoms with E-state index in [0.29, 0.717) is 37.7 Å². The lowest BCUT2D eigenvalue weighted by Gasteiger charge is -2.20. The zero-order chi connectivity index (χ0) is 16.4. The molecule has 0 aromatic carbocycles. The van der Waals surface area contributed by atoms with E-state index in [9.17, 15) is 9.59 Å². The molecule has 2 saturated heterocycles. The molecule has 2 fully saturated rings. The van der Waals surface area contributed by atoms with Crippen molar-refractivity contribution in [1.29, 1.82) is 0 Å². The molecule has 1 N–H and O–H groups in total. The smallest absolute Gasteiger partial charge is 0.269 e. The number of hydrogen-bond donors (Lipinski definition) is 1. The van der Waals surface area contributed by atoms with Crippen molar-refractivity contribution in [2.45, 2.75) is 25.9 Å². The van der Waals surface area contributed by atoms with Crippen LogP contribution in [0.25, 0.3) is 0 Å². The second-order valence-electron chi connectivity index (χ2n) is 6.39. The Labute approximate surface area is 136 Å². The molecule has 2 aliphatic heterocycles. The van der Waals surface area contributed by atoms with Gasteiger partial charge in [-0.05, 0) is 12.5 Å². The van der Waals surface area contributed by atoms with E-state index in [-0.39, 0.29) is 23.8 Å². The first kappa shape index (κ1) is 16.0. The van der Waals surface area contributed by atoms with Gasteiger partial charge in [0.25, 0.3) is 5.91 Å². The SMILES string of the molecule is CCCC(=O)N1C[C@@H]2[C@@H](CNC(=O)c3ccnn3C)CO[C@@H]2C1. The third-order valence-electron chi connectivity index (χ3n) is 4.83. The average molecular weight is 320 g/mol. The van der Waals surface area contributed by atoms with Gasteiger partial charge >= 0.3 is 0 Å². The lowest BCUT2D eigenvalue weighted by Crippen LogP contribution is -2.35. The van der Waals surface area contributed by atoms with Gasteiger partial charge in [0.15, 0.2) is 0 Å². The van der Waals surface area contributed by atoms with Crippen LogP contribution in [0.2, 0.25) is 0 Å². The molecule has 1 aromatic rings. The third-order valence-corrected chi connectivity index (χ3v) is 4.83. The first-order valence-electron chi connectivity index (χ1n) is 8.25. The molecule has 0 saturated carbocycles. The number of aryl methyl sites for hydroxylation is 1. The summed E-state index contributed by atoms with van der Waals surface area (Å²) in [5, 5.41) is 6.97. The lowest BCUT2D eigenvalue weighted by molar-refractivity contribution is -0.131. The van der Waals surface area contributed by atoms with Crippen molar-refractivity contribution in [3.05, 3.63) is 18.0 Å². The molecule has 3 atom stereocenters. The summed E-state index contributed by atoms with van der Waals surface area (Å²) in [7, 11) is 1.75. The van der Waals surface area contributed by atoms with Gasteiger partial charge in [-0.3, -0.25) is 14.3 Å². The van der Waals surface area contributed by atoms with Crippen LogP contribution in [0.3, 0.4) is 0 Å². The zero-order valence-electron chi connectivity index (χ0n) is 13.7. The molecule has 126 valence electrons. The molecule has 3 heterocycles. The fourth-order valence-electron chi connectivity index (χ4n) is 3.50. The van der Waals surface area contributed by atoms with Crippen molar-refractivity contribution in [2.75, 3.05) is 26.2 Å². The first-order valence-corrected chi connectivity index (χ1v) is 8.25. The average Bonchev–Trinajstić information content (AvgIpc) is 3.20. The molecule has 0 spiro atoms. The summed E-state index contributed by atoms with van der Waals surface area (Å²) in [5.74, 6) is 0.674. The maximum absolute atomic E-state index is 12.2. The molecule has 0 bridgehead atoms. The van der Waals surface area contributed by atoms with E-state index in [4.69, 9.17) is 4.74 Å². The highest BCUT2D eigenvalue weighted by atomic mass is 16.5. The van der Waals surface area contributed by atoms with Crippen molar-refractivity contribution >= 4 is 11.8 Å². The van der Waals surface area contributed by atoms with Crippen LogP contribution in [0.4, 0.5) is 0 Å². The number of rotatable bonds is 5. The number of likely N-dealkylation sites (tertiary alicyclic amines) is 1. The predicted molar refractivity (Wildman–Crippen MR) is 83.7 cm³/mol. The van der Waals surface area contributed by atoms with Crippen molar-refractivity contribution in [2.24, 2.45) is 18.9 Å². The van der Waals surface area contributed by atoms with Gasteiger partial charge in [-0.2, -0.15) is 5.10 Å². The van der Waals surface area contributed by atoms with Crippen molar-refractivity contribution < 1.29 is 14.3 Å². The predicted octanol–water partition coefficient (Wildman–Crippen LogP) is 0.423. The summed E-state index contributed by atoms with van der Waals surface area (Å²) in [5.41, 5.74) is 0.548. The monoisotopic (exact) mass is 320 g/mol. The van der Waals surface area contributed by atoms with Crippen LogP contribution in [0.5, 0.6) is 0 Å². The van der Waals surface area contributed by atoms with Crippen LogP contribution in [0.1, 0.15) is 30.3 Å². The second-order valence-corrected chi connectivity index (χ2v) is 6.39. The Hall–Kier alpha value is -1.89. The quantitative estimate of drug-likeness (QED) is 0.853. The van der Waals surface area contributed by atoms with Gasteiger partial charge in [-0.1, -0.05) is 6.92 Å². The van der Waals surface area contributed by atoms with E-state index in [1.807, 2.05) is 11.8 Å². The van der Waals surface area contributed by atoms with Crippen LogP contribution in [-0.2, 0) is 16.6 Å². The van der Waals surface area contributed by atoms with Crippen molar-refractivity contribution in [3.63, 3.8) is 0 Å². The maximum atomic E-state index is 12.2. The Morgan fingerprint density at radius 3 is 2.96 bits per heavy atom. The summed E-state index contributed by atoms with van der Waals surface area (Å²) < 4.78 is 7.39. The van der Waals surface area contributed by atoms with E-state index in [0.717, 1.165) is 13.0 Å². The number of fused-ring (bicyclic) bond motifs is 1. The highest BCUT2D eigenvalue weighted by Crippen LogP contribution is 2.33. The molecular weight excluding hydrogens is 296 g/mol. The fourth-order valence-corrected chi connectivity index (χ4v) is 3.50. The number of nitrogens with one attached hydrogen (secondary N) is 1. The van der Waals surface area contributed by atoms with Gasteiger partial charge in [0.1, 0.15) is 5.69 Å².